The summed E-state index contributed by atoms with van der Waals surface area (Å²) in [7, 11) is 3.24. The van der Waals surface area contributed by atoms with Gasteiger partial charge in [-0.25, -0.2) is 4.98 Å². The summed E-state index contributed by atoms with van der Waals surface area (Å²) < 4.78 is 44.4. The summed E-state index contributed by atoms with van der Waals surface area (Å²) in [6.07, 6.45) is -3.62. The minimum atomic E-state index is -4.56. The Labute approximate surface area is 159 Å². The molecule has 0 aliphatic carbocycles. The molecular formula is C17H21F3N6O2. The Balaban J connectivity index is 1.68. The zero-order chi connectivity index (χ0) is 20.5. The predicted octanol–water partition coefficient (Wildman–Crippen LogP) is 2.71. The molecule has 0 unspecified atom stereocenters. The number of halogens is 3. The van der Waals surface area contributed by atoms with Gasteiger partial charge in [-0.3, -0.25) is 4.79 Å². The number of hydrogen-bond donors (Lipinski definition) is 1. The van der Waals surface area contributed by atoms with Gasteiger partial charge in [0.1, 0.15) is 11.6 Å². The molecule has 3 rings (SSSR count). The molecule has 1 aliphatic rings. The normalized spacial score (nSPS) is 15.6. The quantitative estimate of drug-likeness (QED) is 0.847. The molecule has 2 aromatic heterocycles. The first-order chi connectivity index (χ1) is 13.1. The molecule has 0 aromatic carbocycles. The summed E-state index contributed by atoms with van der Waals surface area (Å²) in [6, 6.07) is 2.54. The fraction of sp³-hybridized carbons (Fsp3) is 0.529. The molecule has 0 atom stereocenters. The molecule has 1 N–H and O–H groups in total. The molecule has 1 saturated heterocycles. The first-order valence-electron chi connectivity index (χ1n) is 8.76. The van der Waals surface area contributed by atoms with Gasteiger partial charge in [0, 0.05) is 45.2 Å². The number of amides is 1. The third-order valence-corrected chi connectivity index (χ3v) is 4.48. The maximum absolute atomic E-state index is 13.2. The van der Waals surface area contributed by atoms with Crippen LogP contribution in [-0.4, -0.2) is 48.2 Å². The molecule has 0 saturated carbocycles. The van der Waals surface area contributed by atoms with E-state index in [2.05, 4.69) is 20.4 Å². The van der Waals surface area contributed by atoms with Crippen LogP contribution in [0.15, 0.2) is 16.7 Å². The van der Waals surface area contributed by atoms with Gasteiger partial charge in [0.25, 0.3) is 0 Å². The Morgan fingerprint density at radius 1 is 1.25 bits per heavy atom. The van der Waals surface area contributed by atoms with Gasteiger partial charge in [0.05, 0.1) is 0 Å². The number of carbonyl (C=O) groups is 1. The lowest BCUT2D eigenvalue weighted by atomic mass is 9.96. The lowest BCUT2D eigenvalue weighted by molar-refractivity contribution is -0.141. The van der Waals surface area contributed by atoms with Crippen molar-refractivity contribution in [2.75, 3.05) is 42.3 Å². The van der Waals surface area contributed by atoms with Crippen LogP contribution >= 0.6 is 0 Å². The van der Waals surface area contributed by atoms with Crippen LogP contribution in [0.4, 0.5) is 30.8 Å². The smallest absolute Gasteiger partial charge is 0.363 e. The van der Waals surface area contributed by atoms with Crippen molar-refractivity contribution in [3.8, 4) is 0 Å². The van der Waals surface area contributed by atoms with Crippen molar-refractivity contribution < 1.29 is 22.5 Å². The Morgan fingerprint density at radius 2 is 1.93 bits per heavy atom. The van der Waals surface area contributed by atoms with E-state index in [4.69, 9.17) is 4.52 Å². The summed E-state index contributed by atoms with van der Waals surface area (Å²) in [6.45, 7) is 2.48. The molecule has 0 bridgehead atoms. The highest BCUT2D eigenvalue weighted by Crippen LogP contribution is 2.32. The van der Waals surface area contributed by atoms with E-state index in [1.165, 1.54) is 4.90 Å². The number of hydrogen-bond acceptors (Lipinski definition) is 7. The summed E-state index contributed by atoms with van der Waals surface area (Å²) >= 11 is 0. The minimum Gasteiger partial charge on any atom is -0.363 e. The number of nitrogens with zero attached hydrogens (tertiary/aromatic N) is 5. The second-order valence-corrected chi connectivity index (χ2v) is 6.88. The van der Waals surface area contributed by atoms with Crippen LogP contribution in [0.1, 0.15) is 24.3 Å². The summed E-state index contributed by atoms with van der Waals surface area (Å²) in [5.41, 5.74) is -0.984. The highest BCUT2D eigenvalue weighted by molar-refractivity contribution is 5.91. The van der Waals surface area contributed by atoms with E-state index >= 15 is 0 Å². The number of piperidine rings is 1. The Bertz CT molecular complexity index is 844. The van der Waals surface area contributed by atoms with Crippen LogP contribution in [-0.2, 0) is 11.0 Å². The van der Waals surface area contributed by atoms with Crippen LogP contribution < -0.4 is 15.1 Å². The van der Waals surface area contributed by atoms with Crippen molar-refractivity contribution in [1.82, 2.24) is 15.1 Å². The van der Waals surface area contributed by atoms with E-state index in [1.807, 2.05) is 0 Å². The van der Waals surface area contributed by atoms with E-state index in [1.54, 1.807) is 32.0 Å². The molecule has 152 valence electrons. The van der Waals surface area contributed by atoms with Gasteiger partial charge in [-0.15, -0.1) is 0 Å². The first kappa shape index (κ1) is 19.9. The van der Waals surface area contributed by atoms with Gasteiger partial charge in [-0.05, 0) is 19.8 Å². The molecule has 3 heterocycles. The minimum absolute atomic E-state index is 0.0181. The van der Waals surface area contributed by atoms with Crippen molar-refractivity contribution in [3.05, 3.63) is 23.6 Å². The van der Waals surface area contributed by atoms with Crippen molar-refractivity contribution >= 4 is 23.5 Å². The van der Waals surface area contributed by atoms with Crippen LogP contribution in [0.2, 0.25) is 0 Å². The molecule has 11 heteroatoms. The van der Waals surface area contributed by atoms with E-state index in [-0.39, 0.29) is 23.6 Å². The molecule has 1 amide bonds. The van der Waals surface area contributed by atoms with E-state index in [0.29, 0.717) is 37.5 Å². The van der Waals surface area contributed by atoms with Gasteiger partial charge in [0.15, 0.2) is 11.5 Å². The average molecular weight is 398 g/mol. The van der Waals surface area contributed by atoms with Crippen LogP contribution in [0, 0.1) is 12.8 Å². The second-order valence-electron chi connectivity index (χ2n) is 6.88. The fourth-order valence-electron chi connectivity index (χ4n) is 2.93. The maximum atomic E-state index is 13.2. The Hall–Kier alpha value is -2.85. The summed E-state index contributed by atoms with van der Waals surface area (Å²) in [4.78, 5) is 23.4. The molecule has 28 heavy (non-hydrogen) atoms. The van der Waals surface area contributed by atoms with Gasteiger partial charge < -0.3 is 19.6 Å². The number of nitrogens with one attached hydrogen (secondary N) is 1. The number of rotatable bonds is 4. The summed E-state index contributed by atoms with van der Waals surface area (Å²) in [5.74, 6) is 0.674. The van der Waals surface area contributed by atoms with Crippen molar-refractivity contribution in [1.29, 1.82) is 0 Å². The number of carbonyl (C=O) groups excluding carboxylic acids is 1. The van der Waals surface area contributed by atoms with E-state index in [0.717, 1.165) is 6.07 Å². The lowest BCUT2D eigenvalue weighted by Crippen LogP contribution is -2.39. The molecule has 2 aromatic rings. The highest BCUT2D eigenvalue weighted by Gasteiger charge is 2.35. The Kier molecular flexibility index (Phi) is 5.43. The van der Waals surface area contributed by atoms with Crippen LogP contribution in [0.3, 0.4) is 0 Å². The number of aryl methyl sites for hydroxylation is 1. The molecular weight excluding hydrogens is 377 g/mol. The lowest BCUT2D eigenvalue weighted by Gasteiger charge is -2.31. The van der Waals surface area contributed by atoms with Crippen LogP contribution in [0.5, 0.6) is 0 Å². The second kappa shape index (κ2) is 7.64. The first-order valence-corrected chi connectivity index (χ1v) is 8.76. The highest BCUT2D eigenvalue weighted by atomic mass is 19.4. The van der Waals surface area contributed by atoms with Gasteiger partial charge in [-0.2, -0.15) is 18.2 Å². The van der Waals surface area contributed by atoms with E-state index in [9.17, 15) is 18.0 Å². The molecule has 1 fully saturated rings. The average Bonchev–Trinajstić information content (AvgIpc) is 3.05. The fourth-order valence-corrected chi connectivity index (χ4v) is 2.93. The third-order valence-electron chi connectivity index (χ3n) is 4.48. The van der Waals surface area contributed by atoms with Gasteiger partial charge >= 0.3 is 6.18 Å². The molecule has 0 spiro atoms. The van der Waals surface area contributed by atoms with Crippen molar-refractivity contribution in [2.45, 2.75) is 25.9 Å². The standard InChI is InChI=1S/C17H21F3N6O2/c1-10-8-13(24-28-10)22-15(27)11-4-6-26(7-5-11)16-21-12(17(18,19)20)9-14(23-16)25(2)3/h8-9,11H,4-7H2,1-3H3,(H,22,24,27). The molecule has 0 radical (unpaired) electrons. The number of aromatic nitrogens is 3. The monoisotopic (exact) mass is 398 g/mol. The predicted molar refractivity (Wildman–Crippen MR) is 96.2 cm³/mol. The third kappa shape index (κ3) is 4.52. The van der Waals surface area contributed by atoms with E-state index < -0.39 is 11.9 Å². The number of alkyl halides is 3. The summed E-state index contributed by atoms with van der Waals surface area (Å²) in [5, 5.41) is 6.41. The zero-order valence-corrected chi connectivity index (χ0v) is 15.7. The molecule has 8 nitrogen and oxygen atoms in total. The van der Waals surface area contributed by atoms with Gasteiger partial charge in [0.2, 0.25) is 11.9 Å². The topological polar surface area (TPSA) is 87.4 Å². The van der Waals surface area contributed by atoms with Crippen molar-refractivity contribution in [2.24, 2.45) is 5.92 Å². The molecule has 1 aliphatic heterocycles. The van der Waals surface area contributed by atoms with Crippen molar-refractivity contribution in [3.63, 3.8) is 0 Å². The van der Waals surface area contributed by atoms with Gasteiger partial charge in [-0.1, -0.05) is 5.16 Å². The maximum Gasteiger partial charge on any atom is 0.433 e. The van der Waals surface area contributed by atoms with Crippen LogP contribution in [0.25, 0.3) is 0 Å². The SMILES string of the molecule is Cc1cc(NC(=O)C2CCN(c3nc(N(C)C)cc(C(F)(F)F)n3)CC2)no1. The largest absolute Gasteiger partial charge is 0.433 e. The zero-order valence-electron chi connectivity index (χ0n) is 15.7. The number of anilines is 3. The Morgan fingerprint density at radius 3 is 2.46 bits per heavy atom.